The minimum absolute atomic E-state index is 0.0636. The predicted octanol–water partition coefficient (Wildman–Crippen LogP) is 3.29. The van der Waals surface area contributed by atoms with Crippen LogP contribution in [-0.2, 0) is 0 Å². The van der Waals surface area contributed by atoms with Crippen LogP contribution < -0.4 is 0 Å². The second-order valence-corrected chi connectivity index (χ2v) is 8.25. The van der Waals surface area contributed by atoms with Gasteiger partial charge in [-0.05, 0) is 81.6 Å². The number of nitrogens with zero attached hydrogens (tertiary/aromatic N) is 2. The van der Waals surface area contributed by atoms with Gasteiger partial charge >= 0.3 is 0 Å². The Balaban J connectivity index is 1.43. The summed E-state index contributed by atoms with van der Waals surface area (Å²) in [6.45, 7) is 5.62. The predicted molar refractivity (Wildman–Crippen MR) is 75.3 cm³/mol. The summed E-state index contributed by atoms with van der Waals surface area (Å²) in [6.07, 6.45) is 8.75. The summed E-state index contributed by atoms with van der Waals surface area (Å²) in [5.74, 6) is 5.20. The van der Waals surface area contributed by atoms with Crippen LogP contribution in [-0.4, -0.2) is 24.5 Å². The van der Waals surface area contributed by atoms with E-state index in [1.807, 2.05) is 0 Å². The third-order valence-corrected chi connectivity index (χ3v) is 6.71. The number of nitriles is 1. The van der Waals surface area contributed by atoms with Gasteiger partial charge in [0.15, 0.2) is 0 Å². The molecule has 0 N–H and O–H groups in total. The highest BCUT2D eigenvalue weighted by Gasteiger charge is 2.49. The Morgan fingerprint density at radius 2 is 1.74 bits per heavy atom. The molecule has 4 saturated carbocycles. The average molecular weight is 258 g/mol. The summed E-state index contributed by atoms with van der Waals surface area (Å²) in [4.78, 5) is 2.61. The molecule has 19 heavy (non-hydrogen) atoms. The van der Waals surface area contributed by atoms with Gasteiger partial charge in [-0.15, -0.1) is 0 Å². The smallest absolute Gasteiger partial charge is 0.0700 e. The number of likely N-dealkylation sites (tertiary alicyclic amines) is 1. The van der Waals surface area contributed by atoms with Crippen molar-refractivity contribution in [2.75, 3.05) is 19.6 Å². The second-order valence-electron chi connectivity index (χ2n) is 8.25. The van der Waals surface area contributed by atoms with E-state index in [4.69, 9.17) is 0 Å². The SMILES string of the molecule is CC1(C#N)CCN(CC2C3CC4CC(C3)CC2C4)C1. The van der Waals surface area contributed by atoms with Crippen LogP contribution in [0.15, 0.2) is 0 Å². The van der Waals surface area contributed by atoms with Crippen molar-refractivity contribution in [2.24, 2.45) is 35.0 Å². The van der Waals surface area contributed by atoms with Crippen molar-refractivity contribution in [2.45, 2.75) is 45.4 Å². The molecule has 0 spiro atoms. The van der Waals surface area contributed by atoms with Crippen molar-refractivity contribution in [3.63, 3.8) is 0 Å². The standard InChI is InChI=1S/C17H26N2/c1-17(10-18)2-3-19(11-17)9-16-14-5-12-4-13(7-14)8-15(16)6-12/h12-16H,2-9,11H2,1H3. The van der Waals surface area contributed by atoms with Crippen LogP contribution in [0.1, 0.15) is 45.4 Å². The van der Waals surface area contributed by atoms with Crippen LogP contribution in [0.25, 0.3) is 0 Å². The maximum absolute atomic E-state index is 9.27. The number of hydrogen-bond acceptors (Lipinski definition) is 2. The summed E-state index contributed by atoms with van der Waals surface area (Å²) in [6, 6.07) is 2.53. The summed E-state index contributed by atoms with van der Waals surface area (Å²) in [5, 5.41) is 9.27. The molecule has 5 rings (SSSR count). The highest BCUT2D eigenvalue weighted by atomic mass is 15.2. The molecule has 2 heteroatoms. The van der Waals surface area contributed by atoms with E-state index in [0.29, 0.717) is 0 Å². The van der Waals surface area contributed by atoms with Gasteiger partial charge in [0.25, 0.3) is 0 Å². The number of hydrogen-bond donors (Lipinski definition) is 0. The van der Waals surface area contributed by atoms with Crippen LogP contribution in [0.4, 0.5) is 0 Å². The first-order chi connectivity index (χ1) is 9.15. The van der Waals surface area contributed by atoms with Gasteiger partial charge in [-0.3, -0.25) is 0 Å². The normalized spacial score (nSPS) is 52.5. The van der Waals surface area contributed by atoms with Crippen molar-refractivity contribution in [3.8, 4) is 6.07 Å². The molecule has 4 aliphatic carbocycles. The van der Waals surface area contributed by atoms with Gasteiger partial charge in [0.05, 0.1) is 11.5 Å². The van der Waals surface area contributed by atoms with E-state index in [1.165, 1.54) is 32.2 Å². The van der Waals surface area contributed by atoms with Crippen LogP contribution in [0, 0.1) is 46.3 Å². The third kappa shape index (κ3) is 2.02. The Bertz CT molecular complexity index is 382. The first kappa shape index (κ1) is 12.2. The zero-order valence-electron chi connectivity index (χ0n) is 12.1. The molecule has 0 amide bonds. The van der Waals surface area contributed by atoms with Crippen LogP contribution in [0.5, 0.6) is 0 Å². The lowest BCUT2D eigenvalue weighted by molar-refractivity contribution is -0.0473. The highest BCUT2D eigenvalue weighted by molar-refractivity contribution is 5.04. The van der Waals surface area contributed by atoms with E-state index in [1.54, 1.807) is 6.42 Å². The van der Waals surface area contributed by atoms with E-state index < -0.39 is 0 Å². The van der Waals surface area contributed by atoms with Gasteiger partial charge in [0, 0.05) is 13.1 Å². The molecule has 1 aliphatic heterocycles. The summed E-state index contributed by atoms with van der Waals surface area (Å²) in [7, 11) is 0. The first-order valence-corrected chi connectivity index (χ1v) is 8.29. The van der Waals surface area contributed by atoms with Crippen molar-refractivity contribution in [1.29, 1.82) is 5.26 Å². The van der Waals surface area contributed by atoms with E-state index in [2.05, 4.69) is 17.9 Å². The minimum atomic E-state index is -0.0636. The molecule has 1 unspecified atom stereocenters. The van der Waals surface area contributed by atoms with Gasteiger partial charge in [0.1, 0.15) is 0 Å². The van der Waals surface area contributed by atoms with Gasteiger partial charge in [-0.2, -0.15) is 5.26 Å². The van der Waals surface area contributed by atoms with Gasteiger partial charge in [-0.25, -0.2) is 0 Å². The lowest BCUT2D eigenvalue weighted by atomic mass is 9.52. The minimum Gasteiger partial charge on any atom is -0.301 e. The van der Waals surface area contributed by atoms with Crippen molar-refractivity contribution < 1.29 is 0 Å². The van der Waals surface area contributed by atoms with Crippen molar-refractivity contribution in [1.82, 2.24) is 4.90 Å². The summed E-state index contributed by atoms with van der Waals surface area (Å²) in [5.41, 5.74) is -0.0636. The molecule has 2 nitrogen and oxygen atoms in total. The molecule has 0 aromatic carbocycles. The Hall–Kier alpha value is -0.550. The molecule has 1 saturated heterocycles. The fourth-order valence-corrected chi connectivity index (χ4v) is 5.94. The molecule has 0 aromatic rings. The van der Waals surface area contributed by atoms with Gasteiger partial charge < -0.3 is 4.90 Å². The highest BCUT2D eigenvalue weighted by Crippen LogP contribution is 2.56. The van der Waals surface area contributed by atoms with E-state index in [-0.39, 0.29) is 5.41 Å². The van der Waals surface area contributed by atoms with E-state index in [0.717, 1.165) is 49.1 Å². The monoisotopic (exact) mass is 258 g/mol. The fourth-order valence-electron chi connectivity index (χ4n) is 5.94. The van der Waals surface area contributed by atoms with Crippen molar-refractivity contribution in [3.05, 3.63) is 0 Å². The second kappa shape index (κ2) is 4.22. The lowest BCUT2D eigenvalue weighted by Gasteiger charge is -2.55. The Kier molecular flexibility index (Phi) is 2.71. The lowest BCUT2D eigenvalue weighted by Crippen LogP contribution is -2.49. The van der Waals surface area contributed by atoms with Crippen LogP contribution in [0.3, 0.4) is 0 Å². The zero-order valence-corrected chi connectivity index (χ0v) is 12.1. The fraction of sp³-hybridized carbons (Fsp3) is 0.941. The molecule has 4 bridgehead atoms. The Morgan fingerprint density at radius 1 is 1.11 bits per heavy atom. The quantitative estimate of drug-likeness (QED) is 0.760. The summed E-state index contributed by atoms with van der Waals surface area (Å²) >= 11 is 0. The maximum Gasteiger partial charge on any atom is 0.0700 e. The molecular weight excluding hydrogens is 232 g/mol. The van der Waals surface area contributed by atoms with Gasteiger partial charge in [0.2, 0.25) is 0 Å². The topological polar surface area (TPSA) is 27.0 Å². The molecule has 1 atom stereocenters. The van der Waals surface area contributed by atoms with Crippen molar-refractivity contribution >= 4 is 0 Å². The van der Waals surface area contributed by atoms with Crippen LogP contribution in [0.2, 0.25) is 0 Å². The van der Waals surface area contributed by atoms with Gasteiger partial charge in [-0.1, -0.05) is 0 Å². The average Bonchev–Trinajstić information content (AvgIpc) is 2.76. The number of rotatable bonds is 2. The van der Waals surface area contributed by atoms with Crippen LogP contribution >= 0.6 is 0 Å². The first-order valence-electron chi connectivity index (χ1n) is 8.29. The third-order valence-electron chi connectivity index (χ3n) is 6.71. The molecule has 0 aromatic heterocycles. The largest absolute Gasteiger partial charge is 0.301 e. The Labute approximate surface area is 117 Å². The maximum atomic E-state index is 9.27. The molecular formula is C17H26N2. The zero-order chi connectivity index (χ0) is 13.0. The Morgan fingerprint density at radius 3 is 2.26 bits per heavy atom. The van der Waals surface area contributed by atoms with E-state index in [9.17, 15) is 5.26 Å². The molecule has 0 radical (unpaired) electrons. The molecule has 5 aliphatic rings. The van der Waals surface area contributed by atoms with E-state index >= 15 is 0 Å². The summed E-state index contributed by atoms with van der Waals surface area (Å²) < 4.78 is 0. The molecule has 1 heterocycles. The molecule has 5 fully saturated rings. The molecule has 104 valence electrons.